The third-order valence-electron chi connectivity index (χ3n) is 2.79. The zero-order valence-electron chi connectivity index (χ0n) is 11.6. The van der Waals surface area contributed by atoms with E-state index in [1.807, 2.05) is 12.5 Å². The van der Waals surface area contributed by atoms with Crippen LogP contribution in [0.2, 0.25) is 0 Å². The summed E-state index contributed by atoms with van der Waals surface area (Å²) in [4.78, 5) is 4.30. The summed E-state index contributed by atoms with van der Waals surface area (Å²) in [6, 6.07) is 0. The molecule has 1 N–H and O–H groups in total. The molecule has 0 aliphatic carbocycles. The van der Waals surface area contributed by atoms with Crippen molar-refractivity contribution >= 4 is 17.3 Å². The van der Waals surface area contributed by atoms with Gasteiger partial charge >= 0.3 is 0 Å². The zero-order chi connectivity index (χ0) is 14.0. The third-order valence-corrected chi connectivity index (χ3v) is 3.48. The fraction of sp³-hybridized carbons (Fsp3) is 0.538. The molecular weight excluding hydrogens is 262 g/mol. The lowest BCUT2D eigenvalue weighted by Gasteiger charge is -2.11. The first kappa shape index (κ1) is 14.1. The van der Waals surface area contributed by atoms with E-state index in [9.17, 15) is 5.11 Å². The largest absolute Gasteiger partial charge is 0.489 e. The summed E-state index contributed by atoms with van der Waals surface area (Å²) < 4.78 is 7.49. The van der Waals surface area contributed by atoms with Crippen molar-refractivity contribution in [2.24, 2.45) is 0 Å². The fourth-order valence-electron chi connectivity index (χ4n) is 2.02. The molecule has 19 heavy (non-hydrogen) atoms. The van der Waals surface area contributed by atoms with Gasteiger partial charge in [-0.3, -0.25) is 0 Å². The van der Waals surface area contributed by atoms with Gasteiger partial charge in [-0.15, -0.1) is 11.8 Å². The highest BCUT2D eigenvalue weighted by Gasteiger charge is 2.19. The maximum absolute atomic E-state index is 9.35. The molecule has 0 spiro atoms. The number of hydrogen-bond donors (Lipinski definition) is 1. The van der Waals surface area contributed by atoms with Gasteiger partial charge in [0, 0.05) is 5.56 Å². The topological polar surface area (TPSA) is 59.7 Å². The molecule has 0 aliphatic heterocycles. The summed E-state index contributed by atoms with van der Waals surface area (Å²) in [6.07, 6.45) is 4.90. The number of aliphatic hydroxyl groups is 1. The van der Waals surface area contributed by atoms with Gasteiger partial charge in [-0.05, 0) is 19.1 Å². The van der Waals surface area contributed by atoms with E-state index < -0.39 is 6.10 Å². The van der Waals surface area contributed by atoms with Crippen LogP contribution in [-0.2, 0) is 0 Å². The summed E-state index contributed by atoms with van der Waals surface area (Å²) in [5, 5.41) is 14.5. The number of nitrogens with zero attached hydrogens (tertiary/aromatic N) is 3. The third kappa shape index (κ3) is 2.84. The normalized spacial score (nSPS) is 13.2. The van der Waals surface area contributed by atoms with Crippen LogP contribution in [0.15, 0.2) is 17.6 Å². The predicted octanol–water partition coefficient (Wildman–Crippen LogP) is 2.33. The lowest BCUT2D eigenvalue weighted by Crippen LogP contribution is -2.13. The second-order valence-corrected chi connectivity index (χ2v) is 5.58. The number of thioether (sulfide) groups is 1. The van der Waals surface area contributed by atoms with Crippen LogP contribution in [0, 0.1) is 0 Å². The van der Waals surface area contributed by atoms with Crippen molar-refractivity contribution in [1.82, 2.24) is 14.6 Å². The first-order valence-electron chi connectivity index (χ1n) is 6.25. The van der Waals surface area contributed by atoms with Crippen LogP contribution in [-0.4, -0.2) is 38.7 Å². The van der Waals surface area contributed by atoms with Crippen LogP contribution in [0.4, 0.5) is 0 Å². The van der Waals surface area contributed by atoms with E-state index >= 15 is 0 Å². The molecule has 0 fully saturated rings. The van der Waals surface area contributed by atoms with Gasteiger partial charge in [0.25, 0.3) is 0 Å². The Morgan fingerprint density at radius 2 is 2.16 bits per heavy atom. The monoisotopic (exact) mass is 281 g/mol. The Balaban J connectivity index is 2.54. The summed E-state index contributed by atoms with van der Waals surface area (Å²) >= 11 is 1.59. The number of rotatable bonds is 5. The highest BCUT2D eigenvalue weighted by atomic mass is 32.2. The Labute approximate surface area is 117 Å². The SMILES string of the molecule is CSc1ncnn2cc(OCC(C)O)c(C(C)C)c12. The number of aliphatic hydroxyl groups excluding tert-OH is 1. The first-order chi connectivity index (χ1) is 9.04. The Kier molecular flexibility index (Phi) is 4.31. The van der Waals surface area contributed by atoms with Crippen LogP contribution in [0.5, 0.6) is 5.75 Å². The van der Waals surface area contributed by atoms with E-state index in [0.29, 0.717) is 5.92 Å². The smallest absolute Gasteiger partial charge is 0.143 e. The summed E-state index contributed by atoms with van der Waals surface area (Å²) in [5.41, 5.74) is 2.08. The van der Waals surface area contributed by atoms with Gasteiger partial charge in [0.2, 0.25) is 0 Å². The van der Waals surface area contributed by atoms with Crippen molar-refractivity contribution < 1.29 is 9.84 Å². The second kappa shape index (κ2) is 5.79. The van der Waals surface area contributed by atoms with E-state index in [-0.39, 0.29) is 6.61 Å². The number of ether oxygens (including phenoxy) is 1. The zero-order valence-corrected chi connectivity index (χ0v) is 12.4. The second-order valence-electron chi connectivity index (χ2n) is 4.78. The summed E-state index contributed by atoms with van der Waals surface area (Å²) in [5.74, 6) is 1.07. The first-order valence-corrected chi connectivity index (χ1v) is 7.48. The minimum absolute atomic E-state index is 0.276. The number of hydrogen-bond acceptors (Lipinski definition) is 5. The molecule has 0 saturated carbocycles. The summed E-state index contributed by atoms with van der Waals surface area (Å²) in [7, 11) is 0. The molecule has 2 heterocycles. The standard InChI is InChI=1S/C13H19N3O2S/c1-8(2)11-10(18-6-9(3)17)5-16-12(11)13(19-4)14-7-15-16/h5,7-9,17H,6H2,1-4H3. The maximum Gasteiger partial charge on any atom is 0.143 e. The van der Waals surface area contributed by atoms with E-state index in [4.69, 9.17) is 4.74 Å². The quantitative estimate of drug-likeness (QED) is 0.852. The molecule has 0 amide bonds. The van der Waals surface area contributed by atoms with Gasteiger partial charge in [-0.2, -0.15) is 5.10 Å². The number of aromatic nitrogens is 3. The van der Waals surface area contributed by atoms with Crippen molar-refractivity contribution in [3.63, 3.8) is 0 Å². The van der Waals surface area contributed by atoms with Gasteiger partial charge in [0.15, 0.2) is 0 Å². The van der Waals surface area contributed by atoms with Crippen LogP contribution in [0.3, 0.4) is 0 Å². The molecule has 0 radical (unpaired) electrons. The average molecular weight is 281 g/mol. The van der Waals surface area contributed by atoms with E-state index in [2.05, 4.69) is 23.9 Å². The van der Waals surface area contributed by atoms with Crippen LogP contribution in [0.1, 0.15) is 32.3 Å². The highest BCUT2D eigenvalue weighted by Crippen LogP contribution is 2.35. The Morgan fingerprint density at radius 3 is 2.74 bits per heavy atom. The number of fused-ring (bicyclic) bond motifs is 1. The lowest BCUT2D eigenvalue weighted by atomic mass is 10.0. The van der Waals surface area contributed by atoms with Gasteiger partial charge in [0.05, 0.1) is 12.3 Å². The molecule has 5 nitrogen and oxygen atoms in total. The van der Waals surface area contributed by atoms with Crippen molar-refractivity contribution in [1.29, 1.82) is 0 Å². The van der Waals surface area contributed by atoms with Crippen LogP contribution in [0.25, 0.3) is 5.52 Å². The minimum atomic E-state index is -0.492. The van der Waals surface area contributed by atoms with E-state index in [0.717, 1.165) is 21.9 Å². The van der Waals surface area contributed by atoms with Crippen molar-refractivity contribution in [2.75, 3.05) is 12.9 Å². The molecule has 0 aromatic carbocycles. The molecule has 2 rings (SSSR count). The molecule has 1 atom stereocenters. The van der Waals surface area contributed by atoms with E-state index in [1.54, 1.807) is 29.5 Å². The Bertz CT molecular complexity index is 566. The highest BCUT2D eigenvalue weighted by molar-refractivity contribution is 7.98. The Morgan fingerprint density at radius 1 is 1.42 bits per heavy atom. The Hall–Kier alpha value is -1.27. The molecular formula is C13H19N3O2S. The lowest BCUT2D eigenvalue weighted by molar-refractivity contribution is 0.122. The molecule has 0 saturated heterocycles. The predicted molar refractivity (Wildman–Crippen MR) is 76.0 cm³/mol. The molecule has 0 bridgehead atoms. The maximum atomic E-state index is 9.35. The van der Waals surface area contributed by atoms with Crippen molar-refractivity contribution in [2.45, 2.75) is 37.8 Å². The van der Waals surface area contributed by atoms with Crippen molar-refractivity contribution in [3.05, 3.63) is 18.1 Å². The summed E-state index contributed by atoms with van der Waals surface area (Å²) in [6.45, 7) is 6.21. The van der Waals surface area contributed by atoms with Gasteiger partial charge in [-0.1, -0.05) is 13.8 Å². The van der Waals surface area contributed by atoms with Gasteiger partial charge in [0.1, 0.15) is 29.2 Å². The van der Waals surface area contributed by atoms with Gasteiger partial charge < -0.3 is 9.84 Å². The average Bonchev–Trinajstić information content (AvgIpc) is 2.74. The minimum Gasteiger partial charge on any atom is -0.489 e. The fourth-order valence-corrected chi connectivity index (χ4v) is 2.57. The molecule has 104 valence electrons. The molecule has 1 unspecified atom stereocenters. The molecule has 6 heteroatoms. The molecule has 2 aromatic rings. The van der Waals surface area contributed by atoms with Crippen molar-refractivity contribution in [3.8, 4) is 5.75 Å². The van der Waals surface area contributed by atoms with Crippen LogP contribution < -0.4 is 4.74 Å². The van der Waals surface area contributed by atoms with Gasteiger partial charge in [-0.25, -0.2) is 9.50 Å². The molecule has 2 aromatic heterocycles. The van der Waals surface area contributed by atoms with Crippen LogP contribution >= 0.6 is 11.8 Å². The molecule has 0 aliphatic rings. The van der Waals surface area contributed by atoms with E-state index in [1.165, 1.54) is 0 Å².